The molecular formula is C14H18N2O2. The maximum Gasteiger partial charge on any atom is 0.253 e. The van der Waals surface area contributed by atoms with E-state index < -0.39 is 0 Å². The first-order chi connectivity index (χ1) is 8.56. The number of hydrogen-bond donors (Lipinski definition) is 1. The van der Waals surface area contributed by atoms with Crippen molar-refractivity contribution in [2.24, 2.45) is 0 Å². The minimum Gasteiger partial charge on any atom is -0.352 e. The summed E-state index contributed by atoms with van der Waals surface area (Å²) >= 11 is 0. The second kappa shape index (κ2) is 5.21. The molecule has 2 rings (SSSR count). The number of nitrogens with zero attached hydrogens (tertiary/aromatic N) is 1. The zero-order chi connectivity index (χ0) is 13.1. The van der Waals surface area contributed by atoms with Gasteiger partial charge >= 0.3 is 0 Å². The molecule has 96 valence electrons. The third-order valence-electron chi connectivity index (χ3n) is 3.15. The van der Waals surface area contributed by atoms with Gasteiger partial charge in [-0.15, -0.1) is 0 Å². The highest BCUT2D eigenvalue weighted by atomic mass is 16.2. The molecule has 1 aromatic rings. The Morgan fingerprint density at radius 2 is 2.17 bits per heavy atom. The van der Waals surface area contributed by atoms with Gasteiger partial charge in [0.15, 0.2) is 0 Å². The summed E-state index contributed by atoms with van der Waals surface area (Å²) in [6.07, 6.45) is 0.830. The van der Waals surface area contributed by atoms with Crippen LogP contribution < -0.4 is 5.32 Å². The van der Waals surface area contributed by atoms with Gasteiger partial charge in [-0.2, -0.15) is 0 Å². The number of carbonyl (C=O) groups excluding carboxylic acids is 2. The Kier molecular flexibility index (Phi) is 3.65. The van der Waals surface area contributed by atoms with Crippen LogP contribution in [0.2, 0.25) is 0 Å². The quantitative estimate of drug-likeness (QED) is 0.856. The second-order valence-corrected chi connectivity index (χ2v) is 4.81. The monoisotopic (exact) mass is 246 g/mol. The largest absolute Gasteiger partial charge is 0.352 e. The smallest absolute Gasteiger partial charge is 0.253 e. The molecule has 0 radical (unpaired) electrons. The summed E-state index contributed by atoms with van der Waals surface area (Å²) in [5.74, 6) is 0.0106. The number of amides is 2. The Bertz CT molecular complexity index is 471. The molecule has 2 amide bonds. The van der Waals surface area contributed by atoms with E-state index in [1.54, 1.807) is 4.90 Å². The first-order valence-corrected chi connectivity index (χ1v) is 6.19. The fraction of sp³-hybridized carbons (Fsp3) is 0.429. The highest BCUT2D eigenvalue weighted by molar-refractivity contribution is 5.94. The lowest BCUT2D eigenvalue weighted by Crippen LogP contribution is -2.37. The molecule has 0 aliphatic carbocycles. The van der Waals surface area contributed by atoms with E-state index in [1.807, 2.05) is 31.2 Å². The van der Waals surface area contributed by atoms with Crippen LogP contribution in [-0.2, 0) is 4.79 Å². The first kappa shape index (κ1) is 12.6. The number of aryl methyl sites for hydroxylation is 1. The molecule has 1 aromatic carbocycles. The molecule has 4 nitrogen and oxygen atoms in total. The average Bonchev–Trinajstić information content (AvgIpc) is 2.75. The summed E-state index contributed by atoms with van der Waals surface area (Å²) in [5.41, 5.74) is 1.80. The first-order valence-electron chi connectivity index (χ1n) is 6.19. The van der Waals surface area contributed by atoms with Crippen LogP contribution in [-0.4, -0.2) is 35.8 Å². The van der Waals surface area contributed by atoms with Crippen molar-refractivity contribution >= 4 is 11.8 Å². The number of benzene rings is 1. The summed E-state index contributed by atoms with van der Waals surface area (Å²) in [4.78, 5) is 25.0. The van der Waals surface area contributed by atoms with Crippen molar-refractivity contribution in [2.75, 3.05) is 13.1 Å². The highest BCUT2D eigenvalue weighted by Gasteiger charge is 2.27. The Hall–Kier alpha value is -1.84. The predicted octanol–water partition coefficient (Wildman–Crippen LogP) is 1.35. The van der Waals surface area contributed by atoms with Crippen molar-refractivity contribution in [2.45, 2.75) is 26.3 Å². The molecule has 0 spiro atoms. The van der Waals surface area contributed by atoms with Gasteiger partial charge in [0.25, 0.3) is 5.91 Å². The Balaban J connectivity index is 2.01. The van der Waals surface area contributed by atoms with E-state index in [2.05, 4.69) is 5.32 Å². The SMILES string of the molecule is CC(=O)NC1CCN(C(=O)c2cccc(C)c2)C1. The molecule has 4 heteroatoms. The number of carbonyl (C=O) groups is 2. The predicted molar refractivity (Wildman–Crippen MR) is 69.3 cm³/mol. The third-order valence-corrected chi connectivity index (χ3v) is 3.15. The number of hydrogen-bond acceptors (Lipinski definition) is 2. The van der Waals surface area contributed by atoms with Crippen molar-refractivity contribution in [1.82, 2.24) is 10.2 Å². The van der Waals surface area contributed by atoms with Gasteiger partial charge < -0.3 is 10.2 Å². The van der Waals surface area contributed by atoms with Crippen molar-refractivity contribution < 1.29 is 9.59 Å². The van der Waals surface area contributed by atoms with Crippen LogP contribution in [0, 0.1) is 6.92 Å². The van der Waals surface area contributed by atoms with E-state index in [0.29, 0.717) is 13.1 Å². The average molecular weight is 246 g/mol. The number of rotatable bonds is 2. The minimum absolute atomic E-state index is 0.0372. The number of likely N-dealkylation sites (tertiary alicyclic amines) is 1. The van der Waals surface area contributed by atoms with Gasteiger partial charge in [-0.25, -0.2) is 0 Å². The summed E-state index contributed by atoms with van der Waals surface area (Å²) in [6.45, 7) is 4.79. The van der Waals surface area contributed by atoms with E-state index in [-0.39, 0.29) is 17.9 Å². The van der Waals surface area contributed by atoms with Crippen LogP contribution in [0.25, 0.3) is 0 Å². The fourth-order valence-corrected chi connectivity index (χ4v) is 2.31. The number of nitrogens with one attached hydrogen (secondary N) is 1. The second-order valence-electron chi connectivity index (χ2n) is 4.81. The summed E-state index contributed by atoms with van der Waals surface area (Å²) in [6, 6.07) is 7.69. The third kappa shape index (κ3) is 2.88. The molecule has 0 aromatic heterocycles. The molecule has 0 saturated carbocycles. The van der Waals surface area contributed by atoms with Gasteiger partial charge in [0.2, 0.25) is 5.91 Å². The highest BCUT2D eigenvalue weighted by Crippen LogP contribution is 2.14. The van der Waals surface area contributed by atoms with Crippen LogP contribution in [0.15, 0.2) is 24.3 Å². The summed E-state index contributed by atoms with van der Waals surface area (Å²) in [7, 11) is 0. The van der Waals surface area contributed by atoms with Crippen molar-refractivity contribution in [3.8, 4) is 0 Å². The molecule has 1 aliphatic rings. The zero-order valence-electron chi connectivity index (χ0n) is 10.8. The molecule has 1 fully saturated rings. The van der Waals surface area contributed by atoms with Crippen LogP contribution in [0.4, 0.5) is 0 Å². The Labute approximate surface area is 107 Å². The van der Waals surface area contributed by atoms with Gasteiger partial charge in [-0.05, 0) is 25.5 Å². The van der Waals surface area contributed by atoms with Gasteiger partial charge in [0, 0.05) is 31.6 Å². The van der Waals surface area contributed by atoms with E-state index in [1.165, 1.54) is 6.92 Å². The van der Waals surface area contributed by atoms with E-state index >= 15 is 0 Å². The molecule has 18 heavy (non-hydrogen) atoms. The van der Waals surface area contributed by atoms with Gasteiger partial charge in [-0.1, -0.05) is 17.7 Å². The van der Waals surface area contributed by atoms with Crippen LogP contribution >= 0.6 is 0 Å². The Morgan fingerprint density at radius 1 is 1.39 bits per heavy atom. The Morgan fingerprint density at radius 3 is 2.83 bits per heavy atom. The normalized spacial score (nSPS) is 18.8. The molecule has 1 atom stereocenters. The van der Waals surface area contributed by atoms with E-state index in [4.69, 9.17) is 0 Å². The molecular weight excluding hydrogens is 228 g/mol. The van der Waals surface area contributed by atoms with Gasteiger partial charge in [0.1, 0.15) is 0 Å². The van der Waals surface area contributed by atoms with E-state index in [9.17, 15) is 9.59 Å². The molecule has 1 saturated heterocycles. The fourth-order valence-electron chi connectivity index (χ4n) is 2.31. The maximum atomic E-state index is 12.2. The topological polar surface area (TPSA) is 49.4 Å². The molecule has 1 unspecified atom stereocenters. The van der Waals surface area contributed by atoms with Crippen molar-refractivity contribution in [3.63, 3.8) is 0 Å². The molecule has 0 bridgehead atoms. The standard InChI is InChI=1S/C14H18N2O2/c1-10-4-3-5-12(8-10)14(18)16-7-6-13(9-16)15-11(2)17/h3-5,8,13H,6-7,9H2,1-2H3,(H,15,17). The maximum absolute atomic E-state index is 12.2. The van der Waals surface area contributed by atoms with Gasteiger partial charge in [-0.3, -0.25) is 9.59 Å². The van der Waals surface area contributed by atoms with Crippen molar-refractivity contribution in [3.05, 3.63) is 35.4 Å². The van der Waals surface area contributed by atoms with Crippen molar-refractivity contribution in [1.29, 1.82) is 0 Å². The van der Waals surface area contributed by atoms with Crippen LogP contribution in [0.3, 0.4) is 0 Å². The molecule has 1 aliphatic heterocycles. The lowest BCUT2D eigenvalue weighted by Gasteiger charge is -2.17. The van der Waals surface area contributed by atoms with E-state index in [0.717, 1.165) is 17.5 Å². The molecule has 1 N–H and O–H groups in total. The zero-order valence-corrected chi connectivity index (χ0v) is 10.8. The van der Waals surface area contributed by atoms with Gasteiger partial charge in [0.05, 0.1) is 0 Å². The van der Waals surface area contributed by atoms with Crippen LogP contribution in [0.1, 0.15) is 29.3 Å². The lowest BCUT2D eigenvalue weighted by atomic mass is 10.1. The summed E-state index contributed by atoms with van der Waals surface area (Å²) in [5, 5.41) is 2.86. The lowest BCUT2D eigenvalue weighted by molar-refractivity contribution is -0.119. The molecule has 1 heterocycles. The summed E-state index contributed by atoms with van der Waals surface area (Å²) < 4.78 is 0. The van der Waals surface area contributed by atoms with Crippen LogP contribution in [0.5, 0.6) is 0 Å². The minimum atomic E-state index is -0.0372.